The zero-order chi connectivity index (χ0) is 22.1. The van der Waals surface area contributed by atoms with Crippen LogP contribution in [0.2, 0.25) is 0 Å². The number of aryl methyl sites for hydroxylation is 1. The van der Waals surface area contributed by atoms with Gasteiger partial charge in [0.05, 0.1) is 12.8 Å². The number of rotatable bonds is 7. The van der Waals surface area contributed by atoms with Gasteiger partial charge in [0.1, 0.15) is 11.8 Å². The molecule has 162 valence electrons. The van der Waals surface area contributed by atoms with Gasteiger partial charge in [-0.1, -0.05) is 13.3 Å². The van der Waals surface area contributed by atoms with Gasteiger partial charge < -0.3 is 20.1 Å². The number of ether oxygens (including phenoxy) is 1. The molecule has 1 aromatic carbocycles. The number of hydrogen-bond acceptors (Lipinski definition) is 6. The lowest BCUT2D eigenvalue weighted by molar-refractivity contribution is -0.134. The van der Waals surface area contributed by atoms with Crippen molar-refractivity contribution in [1.82, 2.24) is 9.88 Å². The molecule has 1 unspecified atom stereocenters. The third-order valence-electron chi connectivity index (χ3n) is 4.72. The highest BCUT2D eigenvalue weighted by molar-refractivity contribution is 7.16. The number of anilines is 1. The van der Waals surface area contributed by atoms with Crippen LogP contribution in [-0.4, -0.2) is 53.0 Å². The molecule has 0 radical (unpaired) electrons. The number of hydrogen-bond donors (Lipinski definition) is 2. The summed E-state index contributed by atoms with van der Waals surface area (Å²) in [6.07, 6.45) is 3.24. The molecule has 30 heavy (non-hydrogen) atoms. The molecular formula is C21H27N3O5S. The number of nitrogens with one attached hydrogen (secondary N) is 1. The summed E-state index contributed by atoms with van der Waals surface area (Å²) in [4.78, 5) is 40.3. The number of benzene rings is 1. The van der Waals surface area contributed by atoms with Gasteiger partial charge in [0.25, 0.3) is 6.47 Å². The van der Waals surface area contributed by atoms with Crippen LogP contribution in [0.5, 0.6) is 5.75 Å². The fraction of sp³-hybridized carbons (Fsp3) is 0.429. The van der Waals surface area contributed by atoms with Gasteiger partial charge in [-0.05, 0) is 44.0 Å². The van der Waals surface area contributed by atoms with Gasteiger partial charge in [0, 0.05) is 23.4 Å². The maximum Gasteiger partial charge on any atom is 0.290 e. The number of carbonyl (C=O) groups excluding carboxylic acids is 2. The van der Waals surface area contributed by atoms with Gasteiger partial charge >= 0.3 is 0 Å². The summed E-state index contributed by atoms with van der Waals surface area (Å²) in [5, 5.41) is 10.4. The maximum absolute atomic E-state index is 12.6. The average Bonchev–Trinajstić information content (AvgIpc) is 3.34. The van der Waals surface area contributed by atoms with Crippen LogP contribution in [0.25, 0.3) is 11.3 Å². The van der Waals surface area contributed by atoms with E-state index in [1.165, 1.54) is 11.3 Å². The van der Waals surface area contributed by atoms with E-state index >= 15 is 0 Å². The van der Waals surface area contributed by atoms with Crippen LogP contribution in [0.1, 0.15) is 38.0 Å². The number of thiazole rings is 1. The Morgan fingerprint density at radius 3 is 2.60 bits per heavy atom. The van der Waals surface area contributed by atoms with Crippen LogP contribution in [0.15, 0.2) is 24.3 Å². The van der Waals surface area contributed by atoms with E-state index < -0.39 is 6.04 Å². The molecule has 2 amide bonds. The Labute approximate surface area is 179 Å². The quantitative estimate of drug-likeness (QED) is 0.648. The second kappa shape index (κ2) is 11.3. The van der Waals surface area contributed by atoms with E-state index in [0.717, 1.165) is 41.1 Å². The SMILES string of the molecule is CCCc1sc(NC(=O)C(C)N2CCCC2=O)nc1-c1ccc(OC)cc1.O=CO. The van der Waals surface area contributed by atoms with Crippen LogP contribution >= 0.6 is 11.3 Å². The van der Waals surface area contributed by atoms with E-state index in [1.54, 1.807) is 18.9 Å². The first-order valence-electron chi connectivity index (χ1n) is 9.77. The number of amides is 2. The van der Waals surface area contributed by atoms with Crippen LogP contribution in [0, 0.1) is 0 Å². The normalized spacial score (nSPS) is 14.0. The van der Waals surface area contributed by atoms with E-state index in [0.29, 0.717) is 18.1 Å². The molecule has 1 atom stereocenters. The molecule has 1 aromatic heterocycles. The standard InChI is InChI=1S/C20H25N3O3S.CH2O2/c1-4-6-16-18(14-8-10-15(26-3)11-9-14)21-20(27-16)22-19(25)13(2)23-12-5-7-17(23)24;2-1-3/h8-11,13H,4-7,12H2,1-3H3,(H,21,22,25);1H,(H,2,3). The van der Waals surface area contributed by atoms with Gasteiger partial charge in [-0.15, -0.1) is 11.3 Å². The summed E-state index contributed by atoms with van der Waals surface area (Å²) >= 11 is 1.50. The van der Waals surface area contributed by atoms with E-state index in [1.807, 2.05) is 24.3 Å². The fourth-order valence-electron chi connectivity index (χ4n) is 3.21. The number of nitrogens with zero attached hydrogens (tertiary/aromatic N) is 2. The van der Waals surface area contributed by atoms with E-state index in [9.17, 15) is 9.59 Å². The molecular weight excluding hydrogens is 406 g/mol. The molecule has 0 saturated carbocycles. The highest BCUT2D eigenvalue weighted by Gasteiger charge is 2.30. The number of likely N-dealkylation sites (tertiary alicyclic amines) is 1. The van der Waals surface area contributed by atoms with Crippen molar-refractivity contribution in [2.24, 2.45) is 0 Å². The van der Waals surface area contributed by atoms with Gasteiger partial charge in [0.15, 0.2) is 5.13 Å². The van der Waals surface area contributed by atoms with Crippen molar-refractivity contribution in [2.45, 2.75) is 45.6 Å². The van der Waals surface area contributed by atoms with E-state index in [-0.39, 0.29) is 18.3 Å². The lowest BCUT2D eigenvalue weighted by Gasteiger charge is -2.22. The predicted molar refractivity (Wildman–Crippen MR) is 116 cm³/mol. The number of carbonyl (C=O) groups is 3. The molecule has 0 spiro atoms. The molecule has 1 aliphatic heterocycles. The summed E-state index contributed by atoms with van der Waals surface area (Å²) in [5.41, 5.74) is 1.89. The van der Waals surface area contributed by atoms with Crippen molar-refractivity contribution in [3.05, 3.63) is 29.1 Å². The number of methoxy groups -OCH3 is 1. The Morgan fingerprint density at radius 1 is 1.40 bits per heavy atom. The van der Waals surface area contributed by atoms with Crippen LogP contribution in [0.4, 0.5) is 5.13 Å². The third kappa shape index (κ3) is 5.79. The van der Waals surface area contributed by atoms with Gasteiger partial charge in [-0.3, -0.25) is 14.4 Å². The summed E-state index contributed by atoms with van der Waals surface area (Å²) in [6, 6.07) is 7.28. The van der Waals surface area contributed by atoms with E-state index in [2.05, 4.69) is 17.2 Å². The fourth-order valence-corrected chi connectivity index (χ4v) is 4.29. The Morgan fingerprint density at radius 2 is 2.07 bits per heavy atom. The van der Waals surface area contributed by atoms with Gasteiger partial charge in [-0.2, -0.15) is 0 Å². The highest BCUT2D eigenvalue weighted by atomic mass is 32.1. The number of aromatic nitrogens is 1. The molecule has 3 rings (SSSR count). The zero-order valence-corrected chi connectivity index (χ0v) is 18.2. The van der Waals surface area contributed by atoms with Crippen molar-refractivity contribution in [3.8, 4) is 17.0 Å². The second-order valence-electron chi connectivity index (χ2n) is 6.73. The highest BCUT2D eigenvalue weighted by Crippen LogP contribution is 2.33. The Balaban J connectivity index is 0.00000101. The van der Waals surface area contributed by atoms with Crippen molar-refractivity contribution in [3.63, 3.8) is 0 Å². The molecule has 1 fully saturated rings. The van der Waals surface area contributed by atoms with Crippen LogP contribution in [0.3, 0.4) is 0 Å². The number of carboxylic acid groups (broad SMARTS) is 1. The maximum atomic E-state index is 12.6. The van der Waals surface area contributed by atoms with Crippen molar-refractivity contribution < 1.29 is 24.2 Å². The molecule has 1 saturated heterocycles. The first-order valence-corrected chi connectivity index (χ1v) is 10.6. The minimum Gasteiger partial charge on any atom is -0.497 e. The van der Waals surface area contributed by atoms with E-state index in [4.69, 9.17) is 14.6 Å². The molecule has 1 aliphatic rings. The summed E-state index contributed by atoms with van der Waals surface area (Å²) in [6.45, 7) is 4.28. The molecule has 0 bridgehead atoms. The van der Waals surface area contributed by atoms with Gasteiger partial charge in [-0.25, -0.2) is 4.98 Å². The molecule has 0 aliphatic carbocycles. The molecule has 8 nitrogen and oxygen atoms in total. The Kier molecular flexibility index (Phi) is 8.79. The second-order valence-corrected chi connectivity index (χ2v) is 7.81. The predicted octanol–water partition coefficient (Wildman–Crippen LogP) is 3.42. The lowest BCUT2D eigenvalue weighted by Crippen LogP contribution is -2.42. The van der Waals surface area contributed by atoms with Crippen LogP contribution < -0.4 is 10.1 Å². The minimum atomic E-state index is -0.483. The molecule has 2 heterocycles. The Hall–Kier alpha value is -2.94. The largest absolute Gasteiger partial charge is 0.497 e. The third-order valence-corrected chi connectivity index (χ3v) is 5.76. The summed E-state index contributed by atoms with van der Waals surface area (Å²) in [7, 11) is 1.64. The van der Waals surface area contributed by atoms with Crippen molar-refractivity contribution >= 4 is 34.8 Å². The molecule has 9 heteroatoms. The Bertz CT molecular complexity index is 866. The summed E-state index contributed by atoms with van der Waals surface area (Å²) < 4.78 is 5.22. The van der Waals surface area contributed by atoms with Gasteiger partial charge in [0.2, 0.25) is 11.8 Å². The molecule has 2 aromatic rings. The first kappa shape index (κ1) is 23.3. The first-order chi connectivity index (χ1) is 14.4. The monoisotopic (exact) mass is 433 g/mol. The smallest absolute Gasteiger partial charge is 0.290 e. The van der Waals surface area contributed by atoms with Crippen LogP contribution in [-0.2, 0) is 20.8 Å². The molecule has 2 N–H and O–H groups in total. The lowest BCUT2D eigenvalue weighted by atomic mass is 10.1. The topological polar surface area (TPSA) is 109 Å². The average molecular weight is 434 g/mol. The minimum absolute atomic E-state index is 0.0439. The van der Waals surface area contributed by atoms with Crippen molar-refractivity contribution in [1.29, 1.82) is 0 Å². The van der Waals surface area contributed by atoms with Crippen molar-refractivity contribution in [2.75, 3.05) is 19.0 Å². The zero-order valence-electron chi connectivity index (χ0n) is 17.4. The summed E-state index contributed by atoms with van der Waals surface area (Å²) in [5.74, 6) is 0.648.